The Kier molecular flexibility index (Phi) is 3.09. The van der Waals surface area contributed by atoms with Crippen LogP contribution in [0.1, 0.15) is 26.2 Å². The van der Waals surface area contributed by atoms with Crippen LogP contribution in [0.2, 0.25) is 0 Å². The van der Waals surface area contributed by atoms with Crippen LogP contribution in [0.5, 0.6) is 0 Å². The van der Waals surface area contributed by atoms with Crippen molar-refractivity contribution in [1.29, 1.82) is 0 Å². The molecule has 1 fully saturated rings. The molecule has 1 heterocycles. The maximum atomic E-state index is 11.3. The Bertz CT molecular complexity index is 208. The average Bonchev–Trinajstić information content (AvgIpc) is 2.43. The Balaban J connectivity index is 2.63. The highest BCUT2D eigenvalue weighted by atomic mass is 16.2. The van der Waals surface area contributed by atoms with Crippen LogP contribution in [0.25, 0.3) is 0 Å². The largest absolute Gasteiger partial charge is 0.313 e. The number of nitrogens with zero attached hydrogens (tertiary/aromatic N) is 1. The SMILES string of the molecule is C=C[C@@H]1CCC(=O)N1/C=C/CC. The molecule has 2 heteroatoms. The van der Waals surface area contributed by atoms with Crippen LogP contribution >= 0.6 is 0 Å². The first-order chi connectivity index (χ1) is 5.79. The van der Waals surface area contributed by atoms with Crippen molar-refractivity contribution < 1.29 is 4.79 Å². The van der Waals surface area contributed by atoms with Crippen LogP contribution in [0.3, 0.4) is 0 Å². The minimum atomic E-state index is 0.213. The summed E-state index contributed by atoms with van der Waals surface area (Å²) in [7, 11) is 0. The van der Waals surface area contributed by atoms with Gasteiger partial charge in [0.15, 0.2) is 0 Å². The number of carbonyl (C=O) groups excluding carboxylic acids is 1. The molecule has 0 aromatic heterocycles. The van der Waals surface area contributed by atoms with Gasteiger partial charge < -0.3 is 4.90 Å². The lowest BCUT2D eigenvalue weighted by molar-refractivity contribution is -0.126. The van der Waals surface area contributed by atoms with Crippen molar-refractivity contribution >= 4 is 5.91 Å². The van der Waals surface area contributed by atoms with Crippen LogP contribution in [0.4, 0.5) is 0 Å². The Labute approximate surface area is 73.6 Å². The molecule has 1 rings (SSSR count). The van der Waals surface area contributed by atoms with Gasteiger partial charge in [-0.15, -0.1) is 6.58 Å². The van der Waals surface area contributed by atoms with Crippen LogP contribution in [-0.4, -0.2) is 16.8 Å². The van der Waals surface area contributed by atoms with Crippen LogP contribution in [0, 0.1) is 0 Å². The van der Waals surface area contributed by atoms with Crippen molar-refractivity contribution in [3.05, 3.63) is 24.9 Å². The van der Waals surface area contributed by atoms with Crippen LogP contribution in [-0.2, 0) is 4.79 Å². The molecule has 2 nitrogen and oxygen atoms in total. The first-order valence-corrected chi connectivity index (χ1v) is 4.40. The molecule has 0 bridgehead atoms. The van der Waals surface area contributed by atoms with Crippen LogP contribution in [0.15, 0.2) is 24.9 Å². The third-order valence-electron chi connectivity index (χ3n) is 2.07. The predicted octanol–water partition coefficient (Wildman–Crippen LogP) is 2.09. The molecule has 1 atom stereocenters. The first-order valence-electron chi connectivity index (χ1n) is 4.40. The zero-order valence-electron chi connectivity index (χ0n) is 7.49. The molecule has 0 saturated carbocycles. The maximum absolute atomic E-state index is 11.3. The summed E-state index contributed by atoms with van der Waals surface area (Å²) in [5.74, 6) is 0.213. The number of amides is 1. The predicted molar refractivity (Wildman–Crippen MR) is 49.5 cm³/mol. The molecule has 66 valence electrons. The Morgan fingerprint density at radius 3 is 3.08 bits per heavy atom. The summed E-state index contributed by atoms with van der Waals surface area (Å²) in [5, 5.41) is 0. The van der Waals surface area contributed by atoms with Gasteiger partial charge in [0, 0.05) is 12.6 Å². The van der Waals surface area contributed by atoms with E-state index in [4.69, 9.17) is 0 Å². The van der Waals surface area contributed by atoms with Crippen molar-refractivity contribution in [3.63, 3.8) is 0 Å². The molecule has 1 aliphatic heterocycles. The maximum Gasteiger partial charge on any atom is 0.227 e. The smallest absolute Gasteiger partial charge is 0.227 e. The highest BCUT2D eigenvalue weighted by Crippen LogP contribution is 2.19. The molecule has 0 aromatic carbocycles. The number of hydrogen-bond donors (Lipinski definition) is 0. The van der Waals surface area contributed by atoms with E-state index >= 15 is 0 Å². The fourth-order valence-electron chi connectivity index (χ4n) is 1.37. The van der Waals surface area contributed by atoms with Crippen molar-refractivity contribution in [2.75, 3.05) is 0 Å². The van der Waals surface area contributed by atoms with E-state index in [1.165, 1.54) is 0 Å². The number of rotatable bonds is 3. The van der Waals surface area contributed by atoms with Crippen LogP contribution < -0.4 is 0 Å². The summed E-state index contributed by atoms with van der Waals surface area (Å²) in [4.78, 5) is 13.1. The molecule has 0 radical (unpaired) electrons. The quantitative estimate of drug-likeness (QED) is 0.586. The van der Waals surface area contributed by atoms with Gasteiger partial charge in [0.1, 0.15) is 0 Å². The lowest BCUT2D eigenvalue weighted by Crippen LogP contribution is -2.25. The first kappa shape index (κ1) is 9.04. The second-order valence-electron chi connectivity index (χ2n) is 2.94. The van der Waals surface area contributed by atoms with Crippen molar-refractivity contribution in [3.8, 4) is 0 Å². The van der Waals surface area contributed by atoms with Gasteiger partial charge in [0.25, 0.3) is 0 Å². The molecule has 0 N–H and O–H groups in total. The molecule has 1 amide bonds. The number of carbonyl (C=O) groups is 1. The Hall–Kier alpha value is -1.05. The monoisotopic (exact) mass is 165 g/mol. The van der Waals surface area contributed by atoms with E-state index in [0.717, 1.165) is 12.8 Å². The number of likely N-dealkylation sites (tertiary alicyclic amines) is 1. The second-order valence-corrected chi connectivity index (χ2v) is 2.94. The molecular weight excluding hydrogens is 150 g/mol. The minimum absolute atomic E-state index is 0.213. The summed E-state index contributed by atoms with van der Waals surface area (Å²) < 4.78 is 0. The van der Waals surface area contributed by atoms with Gasteiger partial charge in [-0.2, -0.15) is 0 Å². The zero-order chi connectivity index (χ0) is 8.97. The van der Waals surface area contributed by atoms with Gasteiger partial charge in [0.05, 0.1) is 6.04 Å². The third-order valence-corrected chi connectivity index (χ3v) is 2.07. The summed E-state index contributed by atoms with van der Waals surface area (Å²) in [6, 6.07) is 0.222. The summed E-state index contributed by atoms with van der Waals surface area (Å²) in [6.45, 7) is 5.76. The highest BCUT2D eigenvalue weighted by Gasteiger charge is 2.26. The normalized spacial score (nSPS) is 23.9. The lowest BCUT2D eigenvalue weighted by atomic mass is 10.2. The summed E-state index contributed by atoms with van der Waals surface area (Å²) >= 11 is 0. The van der Waals surface area contributed by atoms with Gasteiger partial charge in [-0.25, -0.2) is 0 Å². The third kappa shape index (κ3) is 1.76. The van der Waals surface area contributed by atoms with E-state index < -0.39 is 0 Å². The minimum Gasteiger partial charge on any atom is -0.313 e. The molecule has 0 unspecified atom stereocenters. The van der Waals surface area contributed by atoms with E-state index in [1.54, 1.807) is 4.90 Å². The Morgan fingerprint density at radius 2 is 2.50 bits per heavy atom. The van der Waals surface area contributed by atoms with E-state index in [-0.39, 0.29) is 11.9 Å². The second kappa shape index (κ2) is 4.10. The zero-order valence-corrected chi connectivity index (χ0v) is 7.49. The summed E-state index contributed by atoms with van der Waals surface area (Å²) in [5.41, 5.74) is 0. The standard InChI is InChI=1S/C10H15NO/c1-3-5-8-11-9(4-2)6-7-10(11)12/h4-5,8-9H,2-3,6-7H2,1H3/b8-5+/t9-/m1/s1. The van der Waals surface area contributed by atoms with E-state index in [2.05, 4.69) is 13.5 Å². The fraction of sp³-hybridized carbons (Fsp3) is 0.500. The van der Waals surface area contributed by atoms with E-state index in [9.17, 15) is 4.79 Å². The molecule has 0 aromatic rings. The van der Waals surface area contributed by atoms with Crippen molar-refractivity contribution in [2.45, 2.75) is 32.2 Å². The molecule has 1 saturated heterocycles. The van der Waals surface area contributed by atoms with E-state index in [1.807, 2.05) is 18.4 Å². The highest BCUT2D eigenvalue weighted by molar-refractivity contribution is 5.80. The Morgan fingerprint density at radius 1 is 1.75 bits per heavy atom. The summed E-state index contributed by atoms with van der Waals surface area (Å²) in [6.07, 6.45) is 8.25. The number of allylic oxidation sites excluding steroid dienone is 1. The molecular formula is C10H15NO. The molecule has 1 aliphatic rings. The fourth-order valence-corrected chi connectivity index (χ4v) is 1.37. The van der Waals surface area contributed by atoms with Gasteiger partial charge in [-0.1, -0.05) is 19.1 Å². The topological polar surface area (TPSA) is 20.3 Å². The van der Waals surface area contributed by atoms with Gasteiger partial charge in [-0.3, -0.25) is 4.79 Å². The van der Waals surface area contributed by atoms with E-state index in [0.29, 0.717) is 6.42 Å². The van der Waals surface area contributed by atoms with Crippen molar-refractivity contribution in [2.24, 2.45) is 0 Å². The van der Waals surface area contributed by atoms with Gasteiger partial charge >= 0.3 is 0 Å². The van der Waals surface area contributed by atoms with Gasteiger partial charge in [-0.05, 0) is 12.8 Å². The van der Waals surface area contributed by atoms with Gasteiger partial charge in [0.2, 0.25) is 5.91 Å². The lowest BCUT2D eigenvalue weighted by Gasteiger charge is -2.16. The molecule has 0 aliphatic carbocycles. The van der Waals surface area contributed by atoms with Crippen molar-refractivity contribution in [1.82, 2.24) is 4.90 Å². The average molecular weight is 165 g/mol. The molecule has 12 heavy (non-hydrogen) atoms. The molecule has 0 spiro atoms. The number of hydrogen-bond acceptors (Lipinski definition) is 1.